The zero-order valence-electron chi connectivity index (χ0n) is 16.9. The molecule has 1 aliphatic heterocycles. The zero-order chi connectivity index (χ0) is 20.1. The molecule has 28 heavy (non-hydrogen) atoms. The number of carbonyl (C=O) groups excluding carboxylic acids is 1. The second-order valence-corrected chi connectivity index (χ2v) is 6.66. The van der Waals surface area contributed by atoms with E-state index >= 15 is 0 Å². The Morgan fingerprint density at radius 1 is 1.18 bits per heavy atom. The van der Waals surface area contributed by atoms with Gasteiger partial charge in [0, 0.05) is 12.1 Å². The van der Waals surface area contributed by atoms with E-state index in [4.69, 9.17) is 14.2 Å². The van der Waals surface area contributed by atoms with Crippen molar-refractivity contribution in [2.75, 3.05) is 27.4 Å². The van der Waals surface area contributed by atoms with Crippen LogP contribution in [0.3, 0.4) is 0 Å². The van der Waals surface area contributed by atoms with E-state index in [2.05, 4.69) is 24.3 Å². The van der Waals surface area contributed by atoms with E-state index in [1.807, 2.05) is 38.1 Å². The highest BCUT2D eigenvalue weighted by Crippen LogP contribution is 2.44. The smallest absolute Gasteiger partial charge is 0.410 e. The van der Waals surface area contributed by atoms with Crippen molar-refractivity contribution >= 4 is 18.2 Å². The van der Waals surface area contributed by atoms with Crippen LogP contribution in [0.15, 0.2) is 36.4 Å². The maximum absolute atomic E-state index is 12.4. The molecule has 0 saturated carbocycles. The van der Waals surface area contributed by atoms with Gasteiger partial charge in [0.15, 0.2) is 11.5 Å². The Balaban J connectivity index is 2.07. The molecule has 148 valence electrons. The summed E-state index contributed by atoms with van der Waals surface area (Å²) in [4.78, 5) is 14.1. The fourth-order valence-electron chi connectivity index (χ4n) is 3.74. The predicted octanol–water partition coefficient (Wildman–Crippen LogP) is 4.95. The van der Waals surface area contributed by atoms with Crippen LogP contribution in [0.4, 0.5) is 4.79 Å². The molecule has 2 aromatic rings. The van der Waals surface area contributed by atoms with Gasteiger partial charge in [-0.2, -0.15) is 0 Å². The number of benzene rings is 2. The number of rotatable bonds is 5. The standard InChI is InChI=1S/C23H27NO4/c1-5-28-23(25)24-14-13-19-18(12-11-17-9-7-6-8-10-17)15-20(26-3)22(27-4)21(19)16(24)2/h6-12,15-16H,5,13-14H2,1-4H3/b12-11+. The third-order valence-corrected chi connectivity index (χ3v) is 5.10. The second-order valence-electron chi connectivity index (χ2n) is 6.66. The van der Waals surface area contributed by atoms with Crippen LogP contribution < -0.4 is 9.47 Å². The van der Waals surface area contributed by atoms with Crippen molar-refractivity contribution in [1.29, 1.82) is 0 Å². The van der Waals surface area contributed by atoms with E-state index in [9.17, 15) is 4.79 Å². The Hall–Kier alpha value is -2.95. The largest absolute Gasteiger partial charge is 0.493 e. The zero-order valence-corrected chi connectivity index (χ0v) is 16.9. The van der Waals surface area contributed by atoms with Gasteiger partial charge >= 0.3 is 6.09 Å². The molecule has 0 spiro atoms. The number of methoxy groups -OCH3 is 2. The molecule has 0 N–H and O–H groups in total. The number of nitrogens with zero attached hydrogens (tertiary/aromatic N) is 1. The van der Waals surface area contributed by atoms with E-state index in [0.717, 1.165) is 23.1 Å². The van der Waals surface area contributed by atoms with Crippen molar-refractivity contribution in [3.63, 3.8) is 0 Å². The number of ether oxygens (including phenoxy) is 3. The summed E-state index contributed by atoms with van der Waals surface area (Å²) in [5.74, 6) is 1.34. The fourth-order valence-corrected chi connectivity index (χ4v) is 3.74. The summed E-state index contributed by atoms with van der Waals surface area (Å²) >= 11 is 0. The van der Waals surface area contributed by atoms with Crippen LogP contribution in [0.25, 0.3) is 12.2 Å². The molecule has 0 bridgehead atoms. The van der Waals surface area contributed by atoms with Gasteiger partial charge in [0.1, 0.15) is 0 Å². The summed E-state index contributed by atoms with van der Waals surface area (Å²) in [5.41, 5.74) is 4.36. The van der Waals surface area contributed by atoms with Gasteiger partial charge in [0.2, 0.25) is 0 Å². The summed E-state index contributed by atoms with van der Waals surface area (Å²) in [6, 6.07) is 12.0. The number of fused-ring (bicyclic) bond motifs is 1. The second kappa shape index (κ2) is 8.83. The molecule has 2 aromatic carbocycles. The Morgan fingerprint density at radius 3 is 2.57 bits per heavy atom. The first-order valence-electron chi connectivity index (χ1n) is 9.55. The SMILES string of the molecule is CCOC(=O)N1CCc2c(/C=C/c3ccccc3)cc(OC)c(OC)c2C1C. The lowest BCUT2D eigenvalue weighted by atomic mass is 9.88. The first-order chi connectivity index (χ1) is 13.6. The molecule has 5 nitrogen and oxygen atoms in total. The van der Waals surface area contributed by atoms with Crippen LogP contribution in [0, 0.1) is 0 Å². The lowest BCUT2D eigenvalue weighted by Gasteiger charge is -2.36. The third kappa shape index (κ3) is 3.84. The highest BCUT2D eigenvalue weighted by atomic mass is 16.6. The highest BCUT2D eigenvalue weighted by molar-refractivity contribution is 5.76. The van der Waals surface area contributed by atoms with E-state index in [1.165, 1.54) is 5.56 Å². The average molecular weight is 381 g/mol. The van der Waals surface area contributed by atoms with E-state index in [-0.39, 0.29) is 12.1 Å². The van der Waals surface area contributed by atoms with Crippen molar-refractivity contribution in [2.45, 2.75) is 26.3 Å². The Morgan fingerprint density at radius 2 is 1.93 bits per heavy atom. The van der Waals surface area contributed by atoms with Crippen LogP contribution in [-0.2, 0) is 11.2 Å². The minimum atomic E-state index is -0.299. The molecule has 0 fully saturated rings. The minimum absolute atomic E-state index is 0.170. The highest BCUT2D eigenvalue weighted by Gasteiger charge is 2.33. The molecule has 1 atom stereocenters. The van der Waals surface area contributed by atoms with Gasteiger partial charge in [0.25, 0.3) is 0 Å². The topological polar surface area (TPSA) is 48.0 Å². The van der Waals surface area contributed by atoms with Gasteiger partial charge in [-0.25, -0.2) is 4.79 Å². The van der Waals surface area contributed by atoms with Crippen LogP contribution in [0.2, 0.25) is 0 Å². The van der Waals surface area contributed by atoms with Crippen molar-refractivity contribution in [3.8, 4) is 11.5 Å². The van der Waals surface area contributed by atoms with Gasteiger partial charge in [-0.05, 0) is 43.0 Å². The number of carbonyl (C=O) groups is 1. The molecule has 1 aliphatic rings. The monoisotopic (exact) mass is 381 g/mol. The van der Waals surface area contributed by atoms with Crippen LogP contribution in [-0.4, -0.2) is 38.4 Å². The summed E-state index contributed by atoms with van der Waals surface area (Å²) < 4.78 is 16.5. The molecule has 5 heteroatoms. The van der Waals surface area contributed by atoms with Crippen molar-refractivity contribution in [3.05, 3.63) is 58.7 Å². The molecule has 1 amide bonds. The molecular weight excluding hydrogens is 354 g/mol. The lowest BCUT2D eigenvalue weighted by Crippen LogP contribution is -2.39. The van der Waals surface area contributed by atoms with Gasteiger partial charge in [-0.15, -0.1) is 0 Å². The first kappa shape index (κ1) is 19.8. The van der Waals surface area contributed by atoms with Gasteiger partial charge in [-0.1, -0.05) is 42.5 Å². The van der Waals surface area contributed by atoms with Crippen LogP contribution in [0.1, 0.15) is 42.1 Å². The first-order valence-corrected chi connectivity index (χ1v) is 9.55. The van der Waals surface area contributed by atoms with E-state index in [0.29, 0.717) is 24.7 Å². The summed E-state index contributed by atoms with van der Waals surface area (Å²) in [6.07, 6.45) is 4.62. The minimum Gasteiger partial charge on any atom is -0.493 e. The maximum atomic E-state index is 12.4. The molecule has 0 aliphatic carbocycles. The van der Waals surface area contributed by atoms with Crippen molar-refractivity contribution in [1.82, 2.24) is 4.90 Å². The molecule has 3 rings (SSSR count). The third-order valence-electron chi connectivity index (χ3n) is 5.10. The average Bonchev–Trinajstić information content (AvgIpc) is 2.72. The van der Waals surface area contributed by atoms with Gasteiger partial charge < -0.3 is 19.1 Å². The number of hydrogen-bond acceptors (Lipinski definition) is 4. The van der Waals surface area contributed by atoms with E-state index in [1.54, 1.807) is 19.1 Å². The summed E-state index contributed by atoms with van der Waals surface area (Å²) in [6.45, 7) is 4.78. The number of hydrogen-bond donors (Lipinski definition) is 0. The molecule has 0 saturated heterocycles. The fraction of sp³-hybridized carbons (Fsp3) is 0.348. The Bertz CT molecular complexity index is 861. The van der Waals surface area contributed by atoms with Crippen molar-refractivity contribution < 1.29 is 19.0 Å². The number of amides is 1. The maximum Gasteiger partial charge on any atom is 0.410 e. The van der Waals surface area contributed by atoms with Gasteiger partial charge in [0.05, 0.1) is 26.9 Å². The normalized spacial score (nSPS) is 16.0. The molecule has 0 aromatic heterocycles. The Labute approximate surface area is 166 Å². The van der Waals surface area contributed by atoms with Crippen LogP contribution in [0.5, 0.6) is 11.5 Å². The molecular formula is C23H27NO4. The lowest BCUT2D eigenvalue weighted by molar-refractivity contribution is 0.0894. The predicted molar refractivity (Wildman–Crippen MR) is 111 cm³/mol. The molecule has 1 heterocycles. The summed E-state index contributed by atoms with van der Waals surface area (Å²) in [5, 5.41) is 0. The van der Waals surface area contributed by atoms with Crippen LogP contribution >= 0.6 is 0 Å². The quantitative estimate of drug-likeness (QED) is 0.688. The molecule has 0 radical (unpaired) electrons. The van der Waals surface area contributed by atoms with Gasteiger partial charge in [-0.3, -0.25) is 0 Å². The molecule has 1 unspecified atom stereocenters. The van der Waals surface area contributed by atoms with E-state index < -0.39 is 0 Å². The Kier molecular flexibility index (Phi) is 6.24. The van der Waals surface area contributed by atoms with Crippen molar-refractivity contribution in [2.24, 2.45) is 0 Å². The summed E-state index contributed by atoms with van der Waals surface area (Å²) in [7, 11) is 3.26.